The van der Waals surface area contributed by atoms with E-state index in [2.05, 4.69) is 9.88 Å². The number of morpholine rings is 1. The topological polar surface area (TPSA) is 43.8 Å². The van der Waals surface area contributed by atoms with Gasteiger partial charge >= 0.3 is 0 Å². The predicted octanol–water partition coefficient (Wildman–Crippen LogP) is 3.66. The third-order valence-electron chi connectivity index (χ3n) is 4.60. The lowest BCUT2D eigenvalue weighted by Crippen LogP contribution is -2.40. The van der Waals surface area contributed by atoms with Crippen LogP contribution in [0.15, 0.2) is 72.3 Å². The minimum atomic E-state index is 0.513. The lowest BCUT2D eigenvalue weighted by Gasteiger charge is -2.29. The van der Waals surface area contributed by atoms with Crippen molar-refractivity contribution in [3.63, 3.8) is 0 Å². The maximum atomic E-state index is 5.82. The molecule has 0 saturated carbocycles. The fourth-order valence-electron chi connectivity index (χ4n) is 2.95. The third kappa shape index (κ3) is 4.77. The molecule has 5 nitrogen and oxygen atoms in total. The third-order valence-corrected chi connectivity index (χ3v) is 5.00. The number of rotatable bonds is 7. The second-order valence-corrected chi connectivity index (χ2v) is 7.08. The second-order valence-electron chi connectivity index (χ2n) is 6.61. The van der Waals surface area contributed by atoms with E-state index in [0.29, 0.717) is 24.7 Å². The summed E-state index contributed by atoms with van der Waals surface area (Å²) in [7, 11) is 0. The van der Waals surface area contributed by atoms with E-state index in [1.54, 1.807) is 0 Å². The van der Waals surface area contributed by atoms with Crippen molar-refractivity contribution in [3.05, 3.63) is 83.5 Å². The van der Waals surface area contributed by atoms with Crippen molar-refractivity contribution >= 4 is 17.2 Å². The summed E-state index contributed by atoms with van der Waals surface area (Å²) in [6, 6.07) is 13.9. The standard InChI is InChI=1S/C22H22N2O3S/c28-22(24-10-12-25-13-11-24)14-18-6-9-21(23-15-18)27-20-8-7-19(20)26-16-17-4-2-1-3-5-17/h1-9,15H,10-14,16H2. The van der Waals surface area contributed by atoms with E-state index >= 15 is 0 Å². The average molecular weight is 394 g/mol. The fraction of sp³-hybridized carbons (Fsp3) is 0.273. The van der Waals surface area contributed by atoms with E-state index in [4.69, 9.17) is 26.4 Å². The summed E-state index contributed by atoms with van der Waals surface area (Å²) in [5.41, 5.74) is 2.19. The molecular formula is C22H22N2O3S. The smallest absolute Gasteiger partial charge is 0.219 e. The largest absolute Gasteiger partial charge is 0.485 e. The molecule has 144 valence electrons. The van der Waals surface area contributed by atoms with E-state index in [1.807, 2.05) is 60.8 Å². The fourth-order valence-corrected chi connectivity index (χ4v) is 3.30. The zero-order chi connectivity index (χ0) is 19.2. The molecule has 4 rings (SSSR count). The van der Waals surface area contributed by atoms with Gasteiger partial charge in [0.25, 0.3) is 0 Å². The van der Waals surface area contributed by atoms with Gasteiger partial charge in [0.1, 0.15) is 6.61 Å². The summed E-state index contributed by atoms with van der Waals surface area (Å²) >= 11 is 5.55. The summed E-state index contributed by atoms with van der Waals surface area (Å²) in [4.78, 5) is 7.53. The van der Waals surface area contributed by atoms with Gasteiger partial charge in [0.2, 0.25) is 5.88 Å². The zero-order valence-electron chi connectivity index (χ0n) is 15.5. The molecule has 1 aromatic carbocycles. The molecule has 0 spiro atoms. The van der Waals surface area contributed by atoms with Crippen LogP contribution in [-0.2, 0) is 22.5 Å². The molecule has 0 unspecified atom stereocenters. The predicted molar refractivity (Wildman–Crippen MR) is 111 cm³/mol. The van der Waals surface area contributed by atoms with Gasteiger partial charge in [0, 0.05) is 31.8 Å². The number of aromatic nitrogens is 1. The van der Waals surface area contributed by atoms with E-state index in [9.17, 15) is 0 Å². The monoisotopic (exact) mass is 394 g/mol. The number of ether oxygens (including phenoxy) is 3. The highest BCUT2D eigenvalue weighted by molar-refractivity contribution is 7.80. The first-order chi connectivity index (χ1) is 13.8. The van der Waals surface area contributed by atoms with Gasteiger partial charge in [-0.1, -0.05) is 48.6 Å². The van der Waals surface area contributed by atoms with Gasteiger partial charge < -0.3 is 19.1 Å². The summed E-state index contributed by atoms with van der Waals surface area (Å²) in [5.74, 6) is 1.98. The Labute approximate surface area is 170 Å². The lowest BCUT2D eigenvalue weighted by molar-refractivity contribution is 0.0684. The summed E-state index contributed by atoms with van der Waals surface area (Å²) in [6.45, 7) is 3.71. The Balaban J connectivity index is 1.26. The quantitative estimate of drug-likeness (QED) is 0.668. The van der Waals surface area contributed by atoms with Crippen molar-refractivity contribution in [1.29, 1.82) is 0 Å². The number of thiocarbonyl (C=S) groups is 1. The number of hydrogen-bond acceptors (Lipinski definition) is 5. The van der Waals surface area contributed by atoms with Crippen molar-refractivity contribution < 1.29 is 14.2 Å². The Bertz CT molecular complexity index is 872. The van der Waals surface area contributed by atoms with Gasteiger partial charge in [-0.3, -0.25) is 0 Å². The van der Waals surface area contributed by atoms with Gasteiger partial charge in [-0.15, -0.1) is 0 Å². The molecule has 1 fully saturated rings. The molecule has 0 atom stereocenters. The molecule has 0 amide bonds. The Morgan fingerprint density at radius 2 is 1.79 bits per heavy atom. The highest BCUT2D eigenvalue weighted by Gasteiger charge is 2.17. The van der Waals surface area contributed by atoms with E-state index in [1.165, 1.54) is 0 Å². The summed E-state index contributed by atoms with van der Waals surface area (Å²) in [6.07, 6.45) is 6.29. The van der Waals surface area contributed by atoms with Crippen molar-refractivity contribution in [3.8, 4) is 5.88 Å². The van der Waals surface area contributed by atoms with Crippen LogP contribution in [0.4, 0.5) is 0 Å². The highest BCUT2D eigenvalue weighted by atomic mass is 32.1. The molecule has 0 bridgehead atoms. The second kappa shape index (κ2) is 8.99. The zero-order valence-corrected chi connectivity index (χ0v) is 16.4. The minimum absolute atomic E-state index is 0.513. The van der Waals surface area contributed by atoms with Crippen LogP contribution in [0, 0.1) is 0 Å². The molecule has 2 heterocycles. The highest BCUT2D eigenvalue weighted by Crippen LogP contribution is 2.25. The Kier molecular flexibility index (Phi) is 5.99. The van der Waals surface area contributed by atoms with Gasteiger partial charge in [-0.25, -0.2) is 4.98 Å². The van der Waals surface area contributed by atoms with Gasteiger partial charge in [0.15, 0.2) is 11.5 Å². The Hall–Kier alpha value is -2.70. The molecular weight excluding hydrogens is 372 g/mol. The molecule has 0 radical (unpaired) electrons. The van der Waals surface area contributed by atoms with Crippen LogP contribution in [0.1, 0.15) is 11.1 Å². The van der Waals surface area contributed by atoms with Crippen LogP contribution in [0.5, 0.6) is 5.88 Å². The van der Waals surface area contributed by atoms with Crippen LogP contribution in [-0.4, -0.2) is 41.2 Å². The van der Waals surface area contributed by atoms with Crippen LogP contribution < -0.4 is 4.74 Å². The molecule has 6 heteroatoms. The SMILES string of the molecule is S=C(Cc1ccc(OC2=CC=C2OCc2ccccc2)nc1)N1CCOCC1. The molecule has 2 aliphatic rings. The molecule has 1 aliphatic heterocycles. The summed E-state index contributed by atoms with van der Waals surface area (Å²) in [5, 5.41) is 0. The summed E-state index contributed by atoms with van der Waals surface area (Å²) < 4.78 is 17.0. The molecule has 1 aliphatic carbocycles. The Morgan fingerprint density at radius 3 is 2.46 bits per heavy atom. The molecule has 1 aromatic heterocycles. The number of allylic oxidation sites excluding steroid dienone is 2. The molecule has 2 aromatic rings. The van der Waals surface area contributed by atoms with Crippen molar-refractivity contribution in [2.24, 2.45) is 0 Å². The van der Waals surface area contributed by atoms with Crippen molar-refractivity contribution in [1.82, 2.24) is 9.88 Å². The minimum Gasteiger partial charge on any atom is -0.485 e. The number of pyridine rings is 1. The average Bonchev–Trinajstić information content (AvgIpc) is 2.74. The van der Waals surface area contributed by atoms with Crippen LogP contribution >= 0.6 is 12.2 Å². The van der Waals surface area contributed by atoms with Crippen LogP contribution in [0.25, 0.3) is 0 Å². The first-order valence-corrected chi connectivity index (χ1v) is 9.76. The molecule has 1 saturated heterocycles. The van der Waals surface area contributed by atoms with E-state index < -0.39 is 0 Å². The van der Waals surface area contributed by atoms with Gasteiger partial charge in [-0.05, 0) is 23.3 Å². The van der Waals surface area contributed by atoms with Crippen molar-refractivity contribution in [2.45, 2.75) is 13.0 Å². The number of nitrogens with zero attached hydrogens (tertiary/aromatic N) is 2. The van der Waals surface area contributed by atoms with Crippen molar-refractivity contribution in [2.75, 3.05) is 26.3 Å². The first kappa shape index (κ1) is 18.7. The molecule has 28 heavy (non-hydrogen) atoms. The van der Waals surface area contributed by atoms with Crippen LogP contribution in [0.2, 0.25) is 0 Å². The Morgan fingerprint density at radius 1 is 1.00 bits per heavy atom. The number of hydrogen-bond donors (Lipinski definition) is 0. The maximum absolute atomic E-state index is 5.82. The number of benzene rings is 1. The maximum Gasteiger partial charge on any atom is 0.219 e. The normalized spacial score (nSPS) is 15.9. The van der Waals surface area contributed by atoms with E-state index in [0.717, 1.165) is 48.2 Å². The lowest BCUT2D eigenvalue weighted by atomic mass is 10.2. The van der Waals surface area contributed by atoms with Gasteiger partial charge in [0.05, 0.1) is 18.2 Å². The molecule has 0 N–H and O–H groups in total. The van der Waals surface area contributed by atoms with Gasteiger partial charge in [-0.2, -0.15) is 0 Å². The van der Waals surface area contributed by atoms with E-state index in [-0.39, 0.29) is 0 Å². The van der Waals surface area contributed by atoms with Crippen LogP contribution in [0.3, 0.4) is 0 Å². The first-order valence-electron chi connectivity index (χ1n) is 9.35.